The zero-order valence-electron chi connectivity index (χ0n) is 12.4. The number of hydrogen-bond acceptors (Lipinski definition) is 7. The van der Waals surface area contributed by atoms with Crippen molar-refractivity contribution in [2.45, 2.75) is 6.42 Å². The van der Waals surface area contributed by atoms with Crippen LogP contribution in [0.1, 0.15) is 6.42 Å². The van der Waals surface area contributed by atoms with Gasteiger partial charge >= 0.3 is 0 Å². The van der Waals surface area contributed by atoms with Crippen molar-refractivity contribution in [3.05, 3.63) is 29.8 Å². The second-order valence-electron chi connectivity index (χ2n) is 5.02. The van der Waals surface area contributed by atoms with Crippen molar-refractivity contribution >= 4 is 28.9 Å². The highest BCUT2D eigenvalue weighted by Crippen LogP contribution is 2.29. The summed E-state index contributed by atoms with van der Waals surface area (Å²) < 4.78 is 0. The third kappa shape index (κ3) is 3.04. The number of rotatable bonds is 3. The van der Waals surface area contributed by atoms with Gasteiger partial charge in [0.25, 0.3) is 0 Å². The fourth-order valence-corrected chi connectivity index (χ4v) is 2.85. The van der Waals surface area contributed by atoms with Crippen molar-refractivity contribution in [2.24, 2.45) is 0 Å². The minimum Gasteiger partial charge on any atom is -0.383 e. The normalized spacial score (nSPS) is 15.5. The third-order valence-electron chi connectivity index (χ3n) is 3.71. The van der Waals surface area contributed by atoms with E-state index in [1.54, 1.807) is 6.20 Å². The van der Waals surface area contributed by atoms with E-state index in [-0.39, 0.29) is 0 Å². The fourth-order valence-electron chi connectivity index (χ4n) is 2.63. The van der Waals surface area contributed by atoms with Crippen LogP contribution in [0.15, 0.2) is 24.7 Å². The number of halogens is 1. The van der Waals surface area contributed by atoms with Gasteiger partial charge in [-0.25, -0.2) is 9.97 Å². The van der Waals surface area contributed by atoms with Gasteiger partial charge in [-0.3, -0.25) is 0 Å². The molecular formula is C14H18ClN7. The highest BCUT2D eigenvalue weighted by Gasteiger charge is 2.20. The van der Waals surface area contributed by atoms with E-state index in [1.165, 1.54) is 6.33 Å². The molecule has 8 heteroatoms. The van der Waals surface area contributed by atoms with Gasteiger partial charge in [-0.1, -0.05) is 11.6 Å². The third-order valence-corrected chi connectivity index (χ3v) is 4.00. The number of nitrogens with zero attached hydrogens (tertiary/aromatic N) is 6. The first kappa shape index (κ1) is 14.8. The lowest BCUT2D eigenvalue weighted by Gasteiger charge is -2.24. The van der Waals surface area contributed by atoms with Crippen LogP contribution in [0.25, 0.3) is 0 Å². The Bertz CT molecular complexity index is 622. The second-order valence-corrected chi connectivity index (χ2v) is 5.38. The summed E-state index contributed by atoms with van der Waals surface area (Å²) in [4.78, 5) is 12.9. The minimum atomic E-state index is 0.447. The minimum absolute atomic E-state index is 0.447. The molecule has 7 nitrogen and oxygen atoms in total. The molecule has 0 amide bonds. The van der Waals surface area contributed by atoms with Crippen molar-refractivity contribution in [3.8, 4) is 0 Å². The molecule has 2 aromatic heterocycles. The van der Waals surface area contributed by atoms with Crippen LogP contribution in [0.3, 0.4) is 0 Å². The van der Waals surface area contributed by atoms with Crippen LogP contribution in [0.2, 0.25) is 5.15 Å². The molecular weight excluding hydrogens is 302 g/mol. The molecule has 1 N–H and O–H groups in total. The maximum absolute atomic E-state index is 6.15. The number of hydrogen-bond donors (Lipinski definition) is 1. The summed E-state index contributed by atoms with van der Waals surface area (Å²) in [5.74, 6) is 1.77. The van der Waals surface area contributed by atoms with Crippen molar-refractivity contribution < 1.29 is 0 Å². The molecule has 2 aromatic rings. The summed E-state index contributed by atoms with van der Waals surface area (Å²) in [5.41, 5.74) is 0.775. The predicted molar refractivity (Wildman–Crippen MR) is 87.7 cm³/mol. The van der Waals surface area contributed by atoms with Crippen molar-refractivity contribution in [1.82, 2.24) is 20.2 Å². The monoisotopic (exact) mass is 319 g/mol. The van der Waals surface area contributed by atoms with E-state index < -0.39 is 0 Å². The van der Waals surface area contributed by atoms with Crippen LogP contribution < -0.4 is 15.1 Å². The Morgan fingerprint density at radius 1 is 1.14 bits per heavy atom. The Morgan fingerprint density at radius 2 is 1.95 bits per heavy atom. The Kier molecular flexibility index (Phi) is 4.53. The largest absolute Gasteiger partial charge is 0.383 e. The van der Waals surface area contributed by atoms with Crippen molar-refractivity contribution in [1.29, 1.82) is 0 Å². The Hall–Kier alpha value is -2.15. The molecule has 0 bridgehead atoms. The van der Waals surface area contributed by atoms with E-state index >= 15 is 0 Å². The van der Waals surface area contributed by atoms with Gasteiger partial charge in [0.2, 0.25) is 0 Å². The fraction of sp³-hybridized carbons (Fsp3) is 0.429. The van der Waals surface area contributed by atoms with E-state index in [1.807, 2.05) is 19.2 Å². The molecule has 0 saturated carbocycles. The van der Waals surface area contributed by atoms with Gasteiger partial charge in [0.15, 0.2) is 16.8 Å². The highest BCUT2D eigenvalue weighted by atomic mass is 35.5. The molecule has 1 saturated heterocycles. The van der Waals surface area contributed by atoms with Crippen LogP contribution in [0.5, 0.6) is 0 Å². The van der Waals surface area contributed by atoms with Crippen molar-refractivity contribution in [2.75, 3.05) is 48.3 Å². The van der Waals surface area contributed by atoms with Gasteiger partial charge in [0.1, 0.15) is 12.0 Å². The van der Waals surface area contributed by atoms with Crippen LogP contribution in [0.4, 0.5) is 17.3 Å². The molecule has 0 atom stereocenters. The number of nitrogens with one attached hydrogen (secondary N) is 1. The zero-order valence-corrected chi connectivity index (χ0v) is 13.2. The average molecular weight is 320 g/mol. The Morgan fingerprint density at radius 3 is 2.73 bits per heavy atom. The standard InChI is InChI=1S/C14H18ClN7/c1-16-12-13(15)17-10-18-14(12)22-7-3-6-21(8-9-22)11-4-2-5-19-20-11/h2,4-5,10,16H,3,6-9H2,1H3. The van der Waals surface area contributed by atoms with Crippen LogP contribution in [-0.2, 0) is 0 Å². The summed E-state index contributed by atoms with van der Waals surface area (Å²) in [6.07, 6.45) is 4.21. The van der Waals surface area contributed by atoms with E-state index in [9.17, 15) is 0 Å². The lowest BCUT2D eigenvalue weighted by molar-refractivity contribution is 0.785. The van der Waals surface area contributed by atoms with Gasteiger partial charge < -0.3 is 15.1 Å². The molecule has 0 spiro atoms. The molecule has 116 valence electrons. The van der Waals surface area contributed by atoms with Gasteiger partial charge in [-0.2, -0.15) is 5.10 Å². The molecule has 1 aliphatic heterocycles. The first-order valence-electron chi connectivity index (χ1n) is 7.25. The van der Waals surface area contributed by atoms with E-state index in [0.29, 0.717) is 5.15 Å². The van der Waals surface area contributed by atoms with Gasteiger partial charge in [-0.05, 0) is 18.6 Å². The summed E-state index contributed by atoms with van der Waals surface area (Å²) in [7, 11) is 1.83. The van der Waals surface area contributed by atoms with Gasteiger partial charge in [-0.15, -0.1) is 5.10 Å². The Labute approximate surface area is 134 Å². The molecule has 0 radical (unpaired) electrons. The first-order valence-corrected chi connectivity index (χ1v) is 7.63. The second kappa shape index (κ2) is 6.74. The number of aromatic nitrogens is 4. The maximum Gasteiger partial charge on any atom is 0.157 e. The highest BCUT2D eigenvalue weighted by molar-refractivity contribution is 6.32. The summed E-state index contributed by atoms with van der Waals surface area (Å²) in [5, 5.41) is 11.7. The molecule has 1 fully saturated rings. The van der Waals surface area contributed by atoms with Crippen LogP contribution in [0, 0.1) is 0 Å². The SMILES string of the molecule is CNc1c(Cl)ncnc1N1CCCN(c2cccnn2)CC1. The maximum atomic E-state index is 6.15. The van der Waals surface area contributed by atoms with Gasteiger partial charge in [0, 0.05) is 39.4 Å². The molecule has 22 heavy (non-hydrogen) atoms. The van der Waals surface area contributed by atoms with Crippen molar-refractivity contribution in [3.63, 3.8) is 0 Å². The van der Waals surface area contributed by atoms with E-state index in [4.69, 9.17) is 11.6 Å². The summed E-state index contributed by atoms with van der Waals surface area (Å²) in [6.45, 7) is 3.57. The van der Waals surface area contributed by atoms with E-state index in [0.717, 1.165) is 49.9 Å². The summed E-state index contributed by atoms with van der Waals surface area (Å²) >= 11 is 6.15. The Balaban J connectivity index is 1.77. The van der Waals surface area contributed by atoms with Crippen LogP contribution in [-0.4, -0.2) is 53.4 Å². The zero-order chi connectivity index (χ0) is 15.4. The number of anilines is 3. The lowest BCUT2D eigenvalue weighted by atomic mass is 10.3. The molecule has 3 heterocycles. The lowest BCUT2D eigenvalue weighted by Crippen LogP contribution is -2.32. The average Bonchev–Trinajstić information content (AvgIpc) is 2.81. The smallest absolute Gasteiger partial charge is 0.157 e. The molecule has 0 unspecified atom stereocenters. The quantitative estimate of drug-likeness (QED) is 0.863. The molecule has 1 aliphatic rings. The van der Waals surface area contributed by atoms with E-state index in [2.05, 4.69) is 35.3 Å². The molecule has 0 aromatic carbocycles. The molecule has 3 rings (SSSR count). The van der Waals surface area contributed by atoms with Crippen LogP contribution >= 0.6 is 11.6 Å². The molecule has 0 aliphatic carbocycles. The predicted octanol–water partition coefficient (Wildman–Crippen LogP) is 1.68. The van der Waals surface area contributed by atoms with Gasteiger partial charge in [0.05, 0.1) is 0 Å². The summed E-state index contributed by atoms with van der Waals surface area (Å²) in [6, 6.07) is 3.90. The topological polar surface area (TPSA) is 70.1 Å². The first-order chi connectivity index (χ1) is 10.8.